The highest BCUT2D eigenvalue weighted by Gasteiger charge is 2.02. The molecule has 0 radical (unpaired) electrons. The molecule has 3 heteroatoms. The summed E-state index contributed by atoms with van der Waals surface area (Å²) in [5, 5.41) is 0. The molecule has 0 bridgehead atoms. The molecule has 0 atom stereocenters. The maximum absolute atomic E-state index is 5.86. The zero-order chi connectivity index (χ0) is 11.5. The molecular weight excluding hydrogens is 216 g/mol. The second-order valence-corrected chi connectivity index (χ2v) is 4.43. The van der Waals surface area contributed by atoms with E-state index in [-0.39, 0.29) is 0 Å². The second-order valence-electron chi connectivity index (χ2n) is 3.58. The minimum absolute atomic E-state index is 0.782. The summed E-state index contributed by atoms with van der Waals surface area (Å²) in [6.07, 6.45) is 2.03. The Balaban J connectivity index is 2.44. The van der Waals surface area contributed by atoms with Crippen LogP contribution in [0.5, 0.6) is 0 Å². The van der Waals surface area contributed by atoms with Gasteiger partial charge in [-0.15, -0.1) is 11.8 Å². The van der Waals surface area contributed by atoms with Crippen molar-refractivity contribution in [3.8, 4) is 11.1 Å². The number of hydrogen-bond donors (Lipinski definition) is 2. The fourth-order valence-corrected chi connectivity index (χ4v) is 2.11. The summed E-state index contributed by atoms with van der Waals surface area (Å²) in [5.74, 6) is 0. The van der Waals surface area contributed by atoms with Crippen molar-refractivity contribution in [2.24, 2.45) is 0 Å². The van der Waals surface area contributed by atoms with E-state index in [1.165, 1.54) is 5.56 Å². The topological polar surface area (TPSA) is 52.0 Å². The molecule has 16 heavy (non-hydrogen) atoms. The van der Waals surface area contributed by atoms with Gasteiger partial charge < -0.3 is 11.5 Å². The van der Waals surface area contributed by atoms with Gasteiger partial charge in [-0.2, -0.15) is 0 Å². The molecule has 2 rings (SSSR count). The number of thioether (sulfide) groups is 1. The number of nitrogen functional groups attached to an aromatic ring is 2. The first-order valence-electron chi connectivity index (χ1n) is 5.00. The fourth-order valence-electron chi connectivity index (χ4n) is 1.57. The van der Waals surface area contributed by atoms with Gasteiger partial charge >= 0.3 is 0 Å². The number of anilines is 2. The van der Waals surface area contributed by atoms with E-state index in [9.17, 15) is 0 Å². The Morgan fingerprint density at radius 3 is 2.12 bits per heavy atom. The van der Waals surface area contributed by atoms with E-state index in [0.29, 0.717) is 0 Å². The van der Waals surface area contributed by atoms with Crippen molar-refractivity contribution in [3.63, 3.8) is 0 Å². The van der Waals surface area contributed by atoms with Crippen LogP contribution in [0, 0.1) is 0 Å². The zero-order valence-corrected chi connectivity index (χ0v) is 9.92. The highest BCUT2D eigenvalue weighted by molar-refractivity contribution is 7.98. The maximum Gasteiger partial charge on any atom is 0.0452 e. The van der Waals surface area contributed by atoms with Crippen LogP contribution in [0.1, 0.15) is 0 Å². The Labute approximate surface area is 99.7 Å². The van der Waals surface area contributed by atoms with Gasteiger partial charge in [0.15, 0.2) is 0 Å². The minimum Gasteiger partial charge on any atom is -0.399 e. The van der Waals surface area contributed by atoms with Gasteiger partial charge in [-0.1, -0.05) is 18.2 Å². The van der Waals surface area contributed by atoms with E-state index in [0.717, 1.165) is 21.8 Å². The molecule has 2 aromatic carbocycles. The van der Waals surface area contributed by atoms with Gasteiger partial charge in [0, 0.05) is 16.3 Å². The molecule has 0 amide bonds. The lowest BCUT2D eigenvalue weighted by Gasteiger charge is -2.07. The van der Waals surface area contributed by atoms with Crippen LogP contribution in [0.15, 0.2) is 47.4 Å². The van der Waals surface area contributed by atoms with E-state index >= 15 is 0 Å². The summed E-state index contributed by atoms with van der Waals surface area (Å²) in [4.78, 5) is 1.11. The Hall–Kier alpha value is -1.61. The standard InChI is InChI=1S/C13H14N2S/c1-16-13-8-10(4-7-12(13)15)9-2-5-11(14)6-3-9/h2-8H,14-15H2,1H3. The maximum atomic E-state index is 5.86. The van der Waals surface area contributed by atoms with Crippen molar-refractivity contribution in [1.82, 2.24) is 0 Å². The predicted octanol–water partition coefficient (Wildman–Crippen LogP) is 3.24. The molecule has 0 unspecified atom stereocenters. The molecule has 0 spiro atoms. The van der Waals surface area contributed by atoms with Crippen molar-refractivity contribution in [3.05, 3.63) is 42.5 Å². The summed E-state index contributed by atoms with van der Waals surface area (Å²) >= 11 is 1.66. The van der Waals surface area contributed by atoms with Gasteiger partial charge in [-0.25, -0.2) is 0 Å². The largest absolute Gasteiger partial charge is 0.399 e. The number of rotatable bonds is 2. The van der Waals surface area contributed by atoms with Crippen molar-refractivity contribution in [1.29, 1.82) is 0 Å². The molecular formula is C13H14N2S. The SMILES string of the molecule is CSc1cc(-c2ccc(N)cc2)ccc1N. The first-order valence-corrected chi connectivity index (χ1v) is 6.22. The molecule has 0 fully saturated rings. The van der Waals surface area contributed by atoms with Gasteiger partial charge in [0.25, 0.3) is 0 Å². The smallest absolute Gasteiger partial charge is 0.0452 e. The first kappa shape index (κ1) is 10.9. The van der Waals surface area contributed by atoms with E-state index < -0.39 is 0 Å². The third kappa shape index (κ3) is 2.14. The van der Waals surface area contributed by atoms with Crippen LogP contribution in [-0.2, 0) is 0 Å². The minimum atomic E-state index is 0.782. The molecule has 0 aliphatic heterocycles. The molecule has 0 heterocycles. The molecule has 0 aliphatic carbocycles. The summed E-state index contributed by atoms with van der Waals surface area (Å²) in [7, 11) is 0. The molecule has 0 aromatic heterocycles. The summed E-state index contributed by atoms with van der Waals surface area (Å²) in [6.45, 7) is 0. The monoisotopic (exact) mass is 230 g/mol. The molecule has 0 saturated carbocycles. The molecule has 4 N–H and O–H groups in total. The lowest BCUT2D eigenvalue weighted by atomic mass is 10.1. The molecule has 0 aliphatic rings. The average Bonchev–Trinajstić information content (AvgIpc) is 2.31. The Morgan fingerprint density at radius 1 is 0.875 bits per heavy atom. The third-order valence-electron chi connectivity index (χ3n) is 2.48. The Kier molecular flexibility index (Phi) is 3.06. The highest BCUT2D eigenvalue weighted by Crippen LogP contribution is 2.29. The van der Waals surface area contributed by atoms with Gasteiger partial charge in [0.05, 0.1) is 0 Å². The lowest BCUT2D eigenvalue weighted by Crippen LogP contribution is -1.89. The molecule has 2 nitrogen and oxygen atoms in total. The molecule has 2 aromatic rings. The highest BCUT2D eigenvalue weighted by atomic mass is 32.2. The number of nitrogens with two attached hydrogens (primary N) is 2. The van der Waals surface area contributed by atoms with E-state index in [1.807, 2.05) is 42.7 Å². The van der Waals surface area contributed by atoms with Crippen LogP contribution in [-0.4, -0.2) is 6.26 Å². The number of benzene rings is 2. The van der Waals surface area contributed by atoms with E-state index in [1.54, 1.807) is 11.8 Å². The second kappa shape index (κ2) is 4.49. The molecule has 0 saturated heterocycles. The van der Waals surface area contributed by atoms with Crippen LogP contribution in [0.25, 0.3) is 11.1 Å². The van der Waals surface area contributed by atoms with Crippen LogP contribution in [0.3, 0.4) is 0 Å². The van der Waals surface area contributed by atoms with E-state index in [4.69, 9.17) is 11.5 Å². The molecule has 82 valence electrons. The summed E-state index contributed by atoms with van der Waals surface area (Å²) in [5.41, 5.74) is 15.5. The van der Waals surface area contributed by atoms with Crippen molar-refractivity contribution in [2.75, 3.05) is 17.7 Å². The summed E-state index contributed by atoms with van der Waals surface area (Å²) in [6, 6.07) is 13.9. The van der Waals surface area contributed by atoms with Crippen LogP contribution >= 0.6 is 11.8 Å². The van der Waals surface area contributed by atoms with Crippen molar-refractivity contribution in [2.45, 2.75) is 4.90 Å². The van der Waals surface area contributed by atoms with Gasteiger partial charge in [-0.05, 0) is 41.6 Å². The van der Waals surface area contributed by atoms with Gasteiger partial charge in [0.1, 0.15) is 0 Å². The van der Waals surface area contributed by atoms with Crippen LogP contribution in [0.4, 0.5) is 11.4 Å². The van der Waals surface area contributed by atoms with E-state index in [2.05, 4.69) is 6.07 Å². The first-order chi connectivity index (χ1) is 7.70. The third-order valence-corrected chi connectivity index (χ3v) is 3.27. The van der Waals surface area contributed by atoms with Crippen molar-refractivity contribution < 1.29 is 0 Å². The predicted molar refractivity (Wildman–Crippen MR) is 72.5 cm³/mol. The lowest BCUT2D eigenvalue weighted by molar-refractivity contribution is 1.46. The zero-order valence-electron chi connectivity index (χ0n) is 9.10. The van der Waals surface area contributed by atoms with Crippen LogP contribution in [0.2, 0.25) is 0 Å². The number of hydrogen-bond acceptors (Lipinski definition) is 3. The Morgan fingerprint density at radius 2 is 1.50 bits per heavy atom. The quantitative estimate of drug-likeness (QED) is 0.615. The normalized spacial score (nSPS) is 10.3. The van der Waals surface area contributed by atoms with Crippen LogP contribution < -0.4 is 11.5 Å². The summed E-state index contributed by atoms with van der Waals surface area (Å²) < 4.78 is 0. The fraction of sp³-hybridized carbons (Fsp3) is 0.0769. The van der Waals surface area contributed by atoms with Crippen molar-refractivity contribution >= 4 is 23.1 Å². The van der Waals surface area contributed by atoms with Gasteiger partial charge in [0.2, 0.25) is 0 Å². The Bertz CT molecular complexity index is 492. The van der Waals surface area contributed by atoms with Gasteiger partial charge in [-0.3, -0.25) is 0 Å². The average molecular weight is 230 g/mol.